The zero-order valence-corrected chi connectivity index (χ0v) is 10.4. The van der Waals surface area contributed by atoms with Gasteiger partial charge in [-0.2, -0.15) is 0 Å². The van der Waals surface area contributed by atoms with Gasteiger partial charge in [0.25, 0.3) is 0 Å². The van der Waals surface area contributed by atoms with Gasteiger partial charge in [-0.15, -0.1) is 0 Å². The van der Waals surface area contributed by atoms with E-state index < -0.39 is 0 Å². The lowest BCUT2D eigenvalue weighted by atomic mass is 10.1. The minimum absolute atomic E-state index is 0.228. The molecule has 1 aromatic rings. The van der Waals surface area contributed by atoms with Crippen LogP contribution in [0.3, 0.4) is 0 Å². The van der Waals surface area contributed by atoms with Gasteiger partial charge in [-0.1, -0.05) is 36.9 Å². The number of ether oxygens (including phenoxy) is 1. The molecule has 0 aromatic heterocycles. The Morgan fingerprint density at radius 2 is 2.06 bits per heavy atom. The minimum atomic E-state index is -0.310. The van der Waals surface area contributed by atoms with Crippen molar-refractivity contribution in [2.75, 3.05) is 13.2 Å². The van der Waals surface area contributed by atoms with E-state index in [-0.39, 0.29) is 12.0 Å². The quantitative estimate of drug-likeness (QED) is 0.766. The molecule has 0 heterocycles. The van der Waals surface area contributed by atoms with E-state index in [1.807, 2.05) is 30.3 Å². The Hall–Kier alpha value is -1.61. The van der Waals surface area contributed by atoms with Crippen LogP contribution in [0.25, 0.3) is 5.57 Å². The van der Waals surface area contributed by atoms with E-state index in [4.69, 9.17) is 4.74 Å². The molecule has 0 fully saturated rings. The van der Waals surface area contributed by atoms with Crippen LogP contribution >= 0.6 is 0 Å². The normalized spacial score (nSPS) is 11.9. The summed E-state index contributed by atoms with van der Waals surface area (Å²) in [5.41, 5.74) is 2.04. The maximum absolute atomic E-state index is 11.4. The number of benzene rings is 1. The van der Waals surface area contributed by atoms with Gasteiger partial charge in [0.2, 0.25) is 0 Å². The Kier molecular flexibility index (Phi) is 5.43. The molecule has 1 rings (SSSR count). The highest BCUT2D eigenvalue weighted by molar-refractivity contribution is 5.75. The Labute approximate surface area is 102 Å². The van der Waals surface area contributed by atoms with Crippen molar-refractivity contribution in [3.8, 4) is 0 Å². The summed E-state index contributed by atoms with van der Waals surface area (Å²) in [6.45, 7) is 8.56. The second-order valence-corrected chi connectivity index (χ2v) is 3.82. The molecular weight excluding hydrogens is 214 g/mol. The summed E-state index contributed by atoms with van der Waals surface area (Å²) in [6.07, 6.45) is 0. The minimum Gasteiger partial charge on any atom is -0.465 e. The zero-order valence-electron chi connectivity index (χ0n) is 10.4. The van der Waals surface area contributed by atoms with Gasteiger partial charge in [-0.3, -0.25) is 4.79 Å². The Bertz CT molecular complexity index is 373. The molecule has 0 aliphatic carbocycles. The summed E-state index contributed by atoms with van der Waals surface area (Å²) in [7, 11) is 0. The number of carbonyl (C=O) groups is 1. The Balaban J connectivity index is 2.41. The SMILES string of the molecule is C=C(CNC(C)C(=O)OCC)c1ccccc1. The van der Waals surface area contributed by atoms with Crippen LogP contribution in [0.2, 0.25) is 0 Å². The number of hydrogen-bond donors (Lipinski definition) is 1. The van der Waals surface area contributed by atoms with Gasteiger partial charge in [-0.25, -0.2) is 0 Å². The third-order valence-electron chi connectivity index (χ3n) is 2.44. The van der Waals surface area contributed by atoms with E-state index in [0.29, 0.717) is 13.2 Å². The molecule has 0 saturated carbocycles. The molecule has 0 amide bonds. The lowest BCUT2D eigenvalue weighted by molar-refractivity contribution is -0.145. The zero-order chi connectivity index (χ0) is 12.7. The van der Waals surface area contributed by atoms with Gasteiger partial charge in [0, 0.05) is 6.54 Å². The molecule has 17 heavy (non-hydrogen) atoms. The molecule has 0 radical (unpaired) electrons. The topological polar surface area (TPSA) is 38.3 Å². The lowest BCUT2D eigenvalue weighted by Crippen LogP contribution is -2.36. The lowest BCUT2D eigenvalue weighted by Gasteiger charge is -2.13. The first-order valence-corrected chi connectivity index (χ1v) is 5.78. The van der Waals surface area contributed by atoms with Crippen LogP contribution in [0, 0.1) is 0 Å². The van der Waals surface area contributed by atoms with Crippen LogP contribution in [-0.2, 0) is 9.53 Å². The van der Waals surface area contributed by atoms with Crippen molar-refractivity contribution in [3.63, 3.8) is 0 Å². The summed E-state index contributed by atoms with van der Waals surface area (Å²) in [6, 6.07) is 9.59. The Morgan fingerprint density at radius 1 is 1.41 bits per heavy atom. The van der Waals surface area contributed by atoms with E-state index in [1.165, 1.54) is 0 Å². The van der Waals surface area contributed by atoms with Crippen LogP contribution in [-0.4, -0.2) is 25.2 Å². The third kappa shape index (κ3) is 4.41. The van der Waals surface area contributed by atoms with Gasteiger partial charge < -0.3 is 10.1 Å². The highest BCUT2D eigenvalue weighted by Gasteiger charge is 2.12. The second kappa shape index (κ2) is 6.86. The Morgan fingerprint density at radius 3 is 2.65 bits per heavy atom. The number of carbonyl (C=O) groups excluding carboxylic acids is 1. The van der Waals surface area contributed by atoms with E-state index >= 15 is 0 Å². The maximum atomic E-state index is 11.4. The smallest absolute Gasteiger partial charge is 0.322 e. The van der Waals surface area contributed by atoms with Crippen LogP contribution in [0.5, 0.6) is 0 Å². The molecule has 1 atom stereocenters. The summed E-state index contributed by atoms with van der Waals surface area (Å²) in [5.74, 6) is -0.228. The van der Waals surface area contributed by atoms with Crippen LogP contribution in [0.4, 0.5) is 0 Å². The van der Waals surface area contributed by atoms with Gasteiger partial charge in [0.1, 0.15) is 6.04 Å². The predicted molar refractivity (Wildman–Crippen MR) is 69.6 cm³/mol. The molecule has 0 aliphatic heterocycles. The standard InChI is InChI=1S/C14H19NO2/c1-4-17-14(16)12(3)15-10-11(2)13-8-6-5-7-9-13/h5-9,12,15H,2,4,10H2,1,3H3. The highest BCUT2D eigenvalue weighted by Crippen LogP contribution is 2.10. The molecule has 0 saturated heterocycles. The van der Waals surface area contributed by atoms with E-state index in [2.05, 4.69) is 11.9 Å². The number of nitrogens with one attached hydrogen (secondary N) is 1. The summed E-state index contributed by atoms with van der Waals surface area (Å²) in [4.78, 5) is 11.4. The first-order chi connectivity index (χ1) is 8.15. The molecule has 0 bridgehead atoms. The van der Waals surface area contributed by atoms with Crippen molar-refractivity contribution in [2.24, 2.45) is 0 Å². The van der Waals surface area contributed by atoms with Gasteiger partial charge >= 0.3 is 5.97 Å². The average Bonchev–Trinajstić information content (AvgIpc) is 2.36. The van der Waals surface area contributed by atoms with Crippen molar-refractivity contribution in [1.82, 2.24) is 5.32 Å². The van der Waals surface area contributed by atoms with Gasteiger partial charge in [0.15, 0.2) is 0 Å². The molecule has 0 spiro atoms. The molecule has 92 valence electrons. The molecule has 1 unspecified atom stereocenters. The first-order valence-electron chi connectivity index (χ1n) is 5.78. The fourth-order valence-corrected chi connectivity index (χ4v) is 1.40. The summed E-state index contributed by atoms with van der Waals surface area (Å²) >= 11 is 0. The van der Waals surface area contributed by atoms with Crippen molar-refractivity contribution in [1.29, 1.82) is 0 Å². The number of rotatable bonds is 6. The van der Waals surface area contributed by atoms with Gasteiger partial charge in [-0.05, 0) is 25.0 Å². The molecule has 1 aromatic carbocycles. The van der Waals surface area contributed by atoms with E-state index in [1.54, 1.807) is 13.8 Å². The molecular formula is C14H19NO2. The molecule has 3 heteroatoms. The molecule has 3 nitrogen and oxygen atoms in total. The van der Waals surface area contributed by atoms with Gasteiger partial charge in [0.05, 0.1) is 6.61 Å². The highest BCUT2D eigenvalue weighted by atomic mass is 16.5. The molecule has 1 N–H and O–H groups in total. The summed E-state index contributed by atoms with van der Waals surface area (Å²) < 4.78 is 4.91. The fourth-order valence-electron chi connectivity index (χ4n) is 1.40. The second-order valence-electron chi connectivity index (χ2n) is 3.82. The van der Waals surface area contributed by atoms with Crippen LogP contribution in [0.1, 0.15) is 19.4 Å². The van der Waals surface area contributed by atoms with Crippen LogP contribution in [0.15, 0.2) is 36.9 Å². The largest absolute Gasteiger partial charge is 0.465 e. The maximum Gasteiger partial charge on any atom is 0.322 e. The van der Waals surface area contributed by atoms with E-state index in [0.717, 1.165) is 11.1 Å². The first kappa shape index (κ1) is 13.5. The predicted octanol–water partition coefficient (Wildman–Crippen LogP) is 2.24. The monoisotopic (exact) mass is 233 g/mol. The number of esters is 1. The summed E-state index contributed by atoms with van der Waals surface area (Å²) in [5, 5.41) is 3.09. The number of hydrogen-bond acceptors (Lipinski definition) is 3. The average molecular weight is 233 g/mol. The van der Waals surface area contributed by atoms with E-state index in [9.17, 15) is 4.79 Å². The van der Waals surface area contributed by atoms with Crippen molar-refractivity contribution < 1.29 is 9.53 Å². The van der Waals surface area contributed by atoms with Crippen molar-refractivity contribution in [2.45, 2.75) is 19.9 Å². The molecule has 0 aliphatic rings. The van der Waals surface area contributed by atoms with Crippen molar-refractivity contribution >= 4 is 11.5 Å². The third-order valence-corrected chi connectivity index (χ3v) is 2.44. The van der Waals surface area contributed by atoms with Crippen LogP contribution < -0.4 is 5.32 Å². The fraction of sp³-hybridized carbons (Fsp3) is 0.357. The van der Waals surface area contributed by atoms with Crippen molar-refractivity contribution in [3.05, 3.63) is 42.5 Å².